The Morgan fingerprint density at radius 2 is 2.03 bits per heavy atom. The molecule has 2 aromatic rings. The largest absolute Gasteiger partial charge is 0.358 e. The normalized spacial score (nSPS) is 21.0. The van der Waals surface area contributed by atoms with E-state index in [9.17, 15) is 4.79 Å². The molecule has 1 aliphatic heterocycles. The van der Waals surface area contributed by atoms with Gasteiger partial charge in [0.2, 0.25) is 0 Å². The van der Waals surface area contributed by atoms with Gasteiger partial charge in [0, 0.05) is 42.3 Å². The van der Waals surface area contributed by atoms with Crippen LogP contribution in [-0.2, 0) is 12.8 Å². The van der Waals surface area contributed by atoms with Crippen LogP contribution in [0.1, 0.15) is 50.9 Å². The molecule has 0 saturated heterocycles. The van der Waals surface area contributed by atoms with Crippen molar-refractivity contribution < 1.29 is 4.79 Å². The fraction of sp³-hybridized carbons (Fsp3) is 0.542. The second-order valence-corrected chi connectivity index (χ2v) is 8.23. The predicted molar refractivity (Wildman–Crippen MR) is 120 cm³/mol. The standard InChI is InChI=1S/C24H34N4O/c1-5-12-28-15-16(25-24(29)27(7-3)8-4)13-18-17-10-9-11-21-23(17)19(14-22(18)28)20(6-2)26-21/h9-11,13,16,22,26H,5-8,12,14-15H2,1-4H3,(H,25,29)/t16-,22+/m0/s1. The molecule has 0 bridgehead atoms. The maximum Gasteiger partial charge on any atom is 0.317 e. The van der Waals surface area contributed by atoms with Gasteiger partial charge in [0.25, 0.3) is 0 Å². The van der Waals surface area contributed by atoms with E-state index >= 15 is 0 Å². The van der Waals surface area contributed by atoms with Crippen LogP contribution in [0.3, 0.4) is 0 Å². The zero-order chi connectivity index (χ0) is 20.5. The molecular weight excluding hydrogens is 360 g/mol. The molecule has 29 heavy (non-hydrogen) atoms. The monoisotopic (exact) mass is 394 g/mol. The number of nitrogens with one attached hydrogen (secondary N) is 2. The van der Waals surface area contributed by atoms with E-state index in [2.05, 4.69) is 53.3 Å². The van der Waals surface area contributed by atoms with E-state index < -0.39 is 0 Å². The van der Waals surface area contributed by atoms with Gasteiger partial charge in [0.15, 0.2) is 0 Å². The van der Waals surface area contributed by atoms with Crippen LogP contribution in [0.25, 0.3) is 16.5 Å². The molecule has 1 aromatic heterocycles. The van der Waals surface area contributed by atoms with Crippen LogP contribution in [0.4, 0.5) is 4.79 Å². The van der Waals surface area contributed by atoms with Gasteiger partial charge in [0.1, 0.15) is 0 Å². The van der Waals surface area contributed by atoms with Gasteiger partial charge in [-0.15, -0.1) is 0 Å². The van der Waals surface area contributed by atoms with E-state index in [4.69, 9.17) is 0 Å². The Morgan fingerprint density at radius 3 is 2.72 bits per heavy atom. The number of carbonyl (C=O) groups excluding carboxylic acids is 1. The lowest BCUT2D eigenvalue weighted by atomic mass is 9.80. The lowest BCUT2D eigenvalue weighted by molar-refractivity contribution is 0.183. The van der Waals surface area contributed by atoms with Crippen molar-refractivity contribution in [2.24, 2.45) is 0 Å². The molecule has 2 aliphatic rings. The molecule has 5 heteroatoms. The molecule has 5 nitrogen and oxygen atoms in total. The van der Waals surface area contributed by atoms with Gasteiger partial charge < -0.3 is 15.2 Å². The van der Waals surface area contributed by atoms with Gasteiger partial charge in [-0.05, 0) is 62.4 Å². The lowest BCUT2D eigenvalue weighted by Crippen LogP contribution is -2.54. The number of fused-ring (bicyclic) bond motifs is 2. The van der Waals surface area contributed by atoms with Crippen molar-refractivity contribution in [3.05, 3.63) is 41.1 Å². The van der Waals surface area contributed by atoms with Crippen LogP contribution >= 0.6 is 0 Å². The molecule has 156 valence electrons. The average Bonchev–Trinajstić information content (AvgIpc) is 3.09. The summed E-state index contributed by atoms with van der Waals surface area (Å²) in [5, 5.41) is 4.66. The van der Waals surface area contributed by atoms with Crippen molar-refractivity contribution in [2.75, 3.05) is 26.2 Å². The highest BCUT2D eigenvalue weighted by atomic mass is 16.2. The number of carbonyl (C=O) groups is 1. The minimum Gasteiger partial charge on any atom is -0.358 e. The fourth-order valence-corrected chi connectivity index (χ4v) is 5.18. The van der Waals surface area contributed by atoms with E-state index in [-0.39, 0.29) is 12.1 Å². The quantitative estimate of drug-likeness (QED) is 0.772. The van der Waals surface area contributed by atoms with Crippen LogP contribution < -0.4 is 5.32 Å². The number of hydrogen-bond acceptors (Lipinski definition) is 2. The van der Waals surface area contributed by atoms with Crippen LogP contribution in [0.5, 0.6) is 0 Å². The summed E-state index contributed by atoms with van der Waals surface area (Å²) in [5.74, 6) is 0. The molecule has 2 atom stereocenters. The molecule has 0 spiro atoms. The maximum absolute atomic E-state index is 12.7. The fourth-order valence-electron chi connectivity index (χ4n) is 5.18. The van der Waals surface area contributed by atoms with E-state index in [1.807, 2.05) is 18.7 Å². The molecule has 2 amide bonds. The molecule has 1 aromatic carbocycles. The SMILES string of the molecule is CCCN1C[C@@H](NC(=O)N(CC)CC)C=C2c3cccc4[nH]c(CC)c(c34)C[C@H]21. The third-order valence-corrected chi connectivity index (χ3v) is 6.56. The number of amides is 2. The molecule has 0 unspecified atom stereocenters. The highest BCUT2D eigenvalue weighted by molar-refractivity contribution is 5.99. The number of aryl methyl sites for hydroxylation is 1. The summed E-state index contributed by atoms with van der Waals surface area (Å²) in [5.41, 5.74) is 6.83. The zero-order valence-electron chi connectivity index (χ0n) is 18.2. The predicted octanol–water partition coefficient (Wildman–Crippen LogP) is 4.18. The lowest BCUT2D eigenvalue weighted by Gasteiger charge is -2.42. The Morgan fingerprint density at radius 1 is 1.24 bits per heavy atom. The number of aromatic amines is 1. The van der Waals surface area contributed by atoms with Gasteiger partial charge in [-0.25, -0.2) is 4.79 Å². The summed E-state index contributed by atoms with van der Waals surface area (Å²) in [6.07, 6.45) is 5.54. The third kappa shape index (κ3) is 3.46. The molecule has 2 N–H and O–H groups in total. The van der Waals surface area contributed by atoms with E-state index in [1.165, 1.54) is 33.3 Å². The first-order valence-electron chi connectivity index (χ1n) is 11.2. The van der Waals surface area contributed by atoms with Gasteiger partial charge in [-0.1, -0.05) is 32.1 Å². The summed E-state index contributed by atoms with van der Waals surface area (Å²) < 4.78 is 0. The minimum atomic E-state index is 0.0383. The summed E-state index contributed by atoms with van der Waals surface area (Å²) >= 11 is 0. The first kappa shape index (κ1) is 20.0. The number of H-pyrrole nitrogens is 1. The first-order chi connectivity index (χ1) is 14.1. The van der Waals surface area contributed by atoms with Gasteiger partial charge >= 0.3 is 6.03 Å². The first-order valence-corrected chi connectivity index (χ1v) is 11.2. The topological polar surface area (TPSA) is 51.4 Å². The Kier molecular flexibility index (Phi) is 5.68. The molecule has 2 heterocycles. The zero-order valence-corrected chi connectivity index (χ0v) is 18.2. The Labute approximate surface area is 174 Å². The Hall–Kier alpha value is -2.27. The second kappa shape index (κ2) is 8.23. The number of nitrogens with zero attached hydrogens (tertiary/aromatic N) is 2. The van der Waals surface area contributed by atoms with Crippen LogP contribution in [0.15, 0.2) is 24.3 Å². The maximum atomic E-state index is 12.7. The number of aromatic nitrogens is 1. The van der Waals surface area contributed by atoms with Gasteiger partial charge in [-0.2, -0.15) is 0 Å². The van der Waals surface area contributed by atoms with Crippen molar-refractivity contribution in [3.63, 3.8) is 0 Å². The van der Waals surface area contributed by atoms with E-state index in [0.717, 1.165) is 45.4 Å². The van der Waals surface area contributed by atoms with Crippen LogP contribution in [-0.4, -0.2) is 59.1 Å². The van der Waals surface area contributed by atoms with Gasteiger partial charge in [0.05, 0.1) is 6.04 Å². The van der Waals surface area contributed by atoms with Crippen molar-refractivity contribution in [1.29, 1.82) is 0 Å². The summed E-state index contributed by atoms with van der Waals surface area (Å²) in [6.45, 7) is 11.9. The molecule has 0 saturated carbocycles. The van der Waals surface area contributed by atoms with Crippen molar-refractivity contribution in [3.8, 4) is 0 Å². The molecular formula is C24H34N4O. The Bertz CT molecular complexity index is 924. The smallest absolute Gasteiger partial charge is 0.317 e. The minimum absolute atomic E-state index is 0.0383. The number of urea groups is 1. The van der Waals surface area contributed by atoms with Gasteiger partial charge in [-0.3, -0.25) is 4.90 Å². The van der Waals surface area contributed by atoms with Crippen LogP contribution in [0, 0.1) is 0 Å². The number of rotatable bonds is 6. The highest BCUT2D eigenvalue weighted by Crippen LogP contribution is 2.41. The highest BCUT2D eigenvalue weighted by Gasteiger charge is 2.36. The molecule has 0 radical (unpaired) electrons. The van der Waals surface area contributed by atoms with Crippen molar-refractivity contribution in [1.82, 2.24) is 20.1 Å². The molecule has 0 fully saturated rings. The van der Waals surface area contributed by atoms with Crippen LogP contribution in [0.2, 0.25) is 0 Å². The summed E-state index contributed by atoms with van der Waals surface area (Å²) in [4.78, 5) is 20.8. The second-order valence-electron chi connectivity index (χ2n) is 8.23. The molecule has 1 aliphatic carbocycles. The van der Waals surface area contributed by atoms with E-state index in [0.29, 0.717) is 6.04 Å². The molecule has 4 rings (SSSR count). The number of hydrogen-bond donors (Lipinski definition) is 2. The average molecular weight is 395 g/mol. The van der Waals surface area contributed by atoms with Crippen molar-refractivity contribution in [2.45, 2.75) is 59.0 Å². The summed E-state index contributed by atoms with van der Waals surface area (Å²) in [7, 11) is 0. The van der Waals surface area contributed by atoms with Crippen molar-refractivity contribution >= 4 is 22.5 Å². The van der Waals surface area contributed by atoms with E-state index in [1.54, 1.807) is 0 Å². The Balaban J connectivity index is 1.75. The summed E-state index contributed by atoms with van der Waals surface area (Å²) in [6, 6.07) is 7.09. The third-order valence-electron chi connectivity index (χ3n) is 6.56. The number of benzene rings is 1.